The van der Waals surface area contributed by atoms with E-state index in [9.17, 15) is 32.1 Å². The predicted octanol–water partition coefficient (Wildman–Crippen LogP) is 6.97. The van der Waals surface area contributed by atoms with Gasteiger partial charge in [0, 0.05) is 12.1 Å². The number of halogens is 5. The van der Waals surface area contributed by atoms with Crippen LogP contribution in [0, 0.1) is 39.2 Å². The number of nitro groups is 1. The van der Waals surface area contributed by atoms with Gasteiger partial charge in [0.1, 0.15) is 17.0 Å². The van der Waals surface area contributed by atoms with Gasteiger partial charge in [-0.1, -0.05) is 7.43 Å². The number of hydrogen-bond acceptors (Lipinski definition) is 4. The lowest BCUT2D eigenvalue weighted by Gasteiger charge is -2.22. The van der Waals surface area contributed by atoms with E-state index in [2.05, 4.69) is 4.74 Å². The minimum atomic E-state index is -2.20. The Bertz CT molecular complexity index is 875. The number of benzene rings is 2. The maximum absolute atomic E-state index is 13.1. The number of nitrogens with zero attached hydrogens (tertiary/aromatic N) is 1. The van der Waals surface area contributed by atoms with E-state index in [-0.39, 0.29) is 18.7 Å². The summed E-state index contributed by atoms with van der Waals surface area (Å²) in [5, 5.41) is 10.4. The van der Waals surface area contributed by atoms with Crippen molar-refractivity contribution in [3.63, 3.8) is 0 Å². The zero-order valence-electron chi connectivity index (χ0n) is 17.3. The van der Waals surface area contributed by atoms with E-state index < -0.39 is 45.4 Å². The van der Waals surface area contributed by atoms with Crippen molar-refractivity contribution in [3.05, 3.63) is 63.5 Å². The van der Waals surface area contributed by atoms with Gasteiger partial charge in [-0.2, -0.15) is 8.78 Å². The van der Waals surface area contributed by atoms with Crippen LogP contribution in [0.25, 0.3) is 0 Å². The molecule has 0 aliphatic heterocycles. The van der Waals surface area contributed by atoms with E-state index in [1.807, 2.05) is 20.8 Å². The van der Waals surface area contributed by atoms with Crippen LogP contribution < -0.4 is 9.47 Å². The molecule has 31 heavy (non-hydrogen) atoms. The first-order valence-corrected chi connectivity index (χ1v) is 8.67. The van der Waals surface area contributed by atoms with Crippen LogP contribution in [0.15, 0.2) is 24.3 Å². The molecule has 0 aliphatic carbocycles. The summed E-state index contributed by atoms with van der Waals surface area (Å²) in [5.41, 5.74) is -1.28. The molecule has 0 spiro atoms. The van der Waals surface area contributed by atoms with Gasteiger partial charge in [-0.3, -0.25) is 10.1 Å². The van der Waals surface area contributed by atoms with E-state index in [0.29, 0.717) is 5.75 Å². The molecule has 2 aromatic rings. The Balaban J connectivity index is 0.000000567. The van der Waals surface area contributed by atoms with Crippen molar-refractivity contribution in [3.8, 4) is 11.5 Å². The van der Waals surface area contributed by atoms with Crippen LogP contribution in [-0.4, -0.2) is 16.1 Å². The van der Waals surface area contributed by atoms with Gasteiger partial charge in [0.05, 0.1) is 4.92 Å². The Morgan fingerprint density at radius 1 is 0.710 bits per heavy atom. The van der Waals surface area contributed by atoms with Crippen LogP contribution in [0.3, 0.4) is 0 Å². The van der Waals surface area contributed by atoms with E-state index in [0.717, 1.165) is 0 Å². The van der Waals surface area contributed by atoms with Crippen molar-refractivity contribution in [2.75, 3.05) is 0 Å². The first-order valence-electron chi connectivity index (χ1n) is 8.67. The summed E-state index contributed by atoms with van der Waals surface area (Å²) in [4.78, 5) is 9.93. The highest BCUT2D eigenvalue weighted by Gasteiger charge is 2.29. The Labute approximate surface area is 177 Å². The molecule has 0 radical (unpaired) electrons. The molecule has 174 valence electrons. The van der Waals surface area contributed by atoms with Crippen LogP contribution in [-0.2, 0) is 0 Å². The van der Waals surface area contributed by atoms with Crippen LogP contribution in [0.1, 0.15) is 49.0 Å². The first kappa shape index (κ1) is 28.1. The molecule has 0 bridgehead atoms. The molecule has 0 amide bonds. The summed E-state index contributed by atoms with van der Waals surface area (Å²) in [5.74, 6) is -10.8. The lowest BCUT2D eigenvalue weighted by atomic mass is 10.2. The van der Waals surface area contributed by atoms with Crippen LogP contribution >= 0.6 is 0 Å². The third kappa shape index (κ3) is 8.39. The van der Waals surface area contributed by atoms with Crippen molar-refractivity contribution >= 4 is 5.69 Å². The van der Waals surface area contributed by atoms with Crippen LogP contribution in [0.2, 0.25) is 0 Å². The fourth-order valence-electron chi connectivity index (χ4n) is 1.97. The van der Waals surface area contributed by atoms with E-state index in [4.69, 9.17) is 4.74 Å². The minimum absolute atomic E-state index is 0. The fourth-order valence-corrected chi connectivity index (χ4v) is 1.97. The summed E-state index contributed by atoms with van der Waals surface area (Å²) in [6.45, 7) is 10.0. The van der Waals surface area contributed by atoms with Gasteiger partial charge < -0.3 is 9.47 Å². The SMILES string of the molecule is C.CC(C)(C)Oc1c(F)c(F)c(F)c(F)c1F.CC(C)(C)Oc1ccc([N+](=O)[O-])cc1. The Morgan fingerprint density at radius 2 is 1.06 bits per heavy atom. The molecule has 0 saturated carbocycles. The monoisotopic (exact) mass is 451 g/mol. The van der Waals surface area contributed by atoms with Gasteiger partial charge in [0.2, 0.25) is 29.1 Å². The Kier molecular flexibility index (Phi) is 9.43. The van der Waals surface area contributed by atoms with Crippen molar-refractivity contribution < 1.29 is 36.3 Å². The van der Waals surface area contributed by atoms with Crippen molar-refractivity contribution in [1.82, 2.24) is 0 Å². The second-order valence-electron chi connectivity index (χ2n) is 8.08. The number of hydrogen-bond donors (Lipinski definition) is 0. The normalized spacial score (nSPS) is 11.1. The number of non-ortho nitro benzene ring substituents is 1. The third-order valence-corrected chi connectivity index (χ3v) is 3.05. The van der Waals surface area contributed by atoms with Gasteiger partial charge in [-0.15, -0.1) is 0 Å². The highest BCUT2D eigenvalue weighted by molar-refractivity contribution is 5.36. The summed E-state index contributed by atoms with van der Waals surface area (Å²) >= 11 is 0. The summed E-state index contributed by atoms with van der Waals surface area (Å²) in [6, 6.07) is 6.06. The molecule has 10 heteroatoms. The maximum Gasteiger partial charge on any atom is 0.269 e. The molecule has 0 unspecified atom stereocenters. The molecule has 0 atom stereocenters. The first-order chi connectivity index (χ1) is 13.5. The molecule has 0 saturated heterocycles. The lowest BCUT2D eigenvalue weighted by Crippen LogP contribution is -2.25. The number of rotatable bonds is 3. The third-order valence-electron chi connectivity index (χ3n) is 3.05. The van der Waals surface area contributed by atoms with Crippen LogP contribution in [0.5, 0.6) is 11.5 Å². The Morgan fingerprint density at radius 3 is 1.39 bits per heavy atom. The van der Waals surface area contributed by atoms with E-state index in [1.165, 1.54) is 32.9 Å². The van der Waals surface area contributed by atoms with Gasteiger partial charge in [-0.05, 0) is 53.7 Å². The second kappa shape index (κ2) is 10.4. The van der Waals surface area contributed by atoms with Gasteiger partial charge in [0.25, 0.3) is 5.69 Å². The molecule has 5 nitrogen and oxygen atoms in total. The summed E-state index contributed by atoms with van der Waals surface area (Å²) < 4.78 is 74.5. The largest absolute Gasteiger partial charge is 0.488 e. The minimum Gasteiger partial charge on any atom is -0.488 e. The Hall–Kier alpha value is -2.91. The molecular formula is C21H26F5NO4. The molecule has 0 fully saturated rings. The fraction of sp³-hybridized carbons (Fsp3) is 0.429. The summed E-state index contributed by atoms with van der Waals surface area (Å²) in [6.07, 6.45) is 0. The van der Waals surface area contributed by atoms with Crippen LogP contribution in [0.4, 0.5) is 27.6 Å². The van der Waals surface area contributed by atoms with E-state index in [1.54, 1.807) is 12.1 Å². The quantitative estimate of drug-likeness (QED) is 0.166. The van der Waals surface area contributed by atoms with Gasteiger partial charge in [0.15, 0.2) is 5.75 Å². The van der Waals surface area contributed by atoms with Gasteiger partial charge in [-0.25, -0.2) is 13.2 Å². The van der Waals surface area contributed by atoms with E-state index >= 15 is 0 Å². The van der Waals surface area contributed by atoms with Gasteiger partial charge >= 0.3 is 0 Å². The zero-order chi connectivity index (χ0) is 23.4. The zero-order valence-corrected chi connectivity index (χ0v) is 17.3. The standard InChI is InChI=1S/C10H9F5O.C10H13NO3.CH4/c1-10(2,3)16-9-7(14)5(12)4(11)6(13)8(9)15;1-10(2,3)14-9-6-4-8(5-7-9)11(12)13;/h1-3H3;4-7H,1-3H3;1H4. The topological polar surface area (TPSA) is 61.6 Å². The molecule has 0 heterocycles. The molecule has 2 aromatic carbocycles. The highest BCUT2D eigenvalue weighted by atomic mass is 19.2. The molecular weight excluding hydrogens is 425 g/mol. The molecule has 0 aromatic heterocycles. The number of nitro benzene ring substituents is 1. The molecule has 0 aliphatic rings. The average molecular weight is 451 g/mol. The highest BCUT2D eigenvalue weighted by Crippen LogP contribution is 2.31. The lowest BCUT2D eigenvalue weighted by molar-refractivity contribution is -0.384. The molecule has 2 rings (SSSR count). The second-order valence-corrected chi connectivity index (χ2v) is 8.08. The van der Waals surface area contributed by atoms with Crippen molar-refractivity contribution in [2.24, 2.45) is 0 Å². The average Bonchev–Trinajstić information content (AvgIpc) is 2.61. The number of ether oxygens (including phenoxy) is 2. The smallest absolute Gasteiger partial charge is 0.269 e. The predicted molar refractivity (Wildman–Crippen MR) is 107 cm³/mol. The van der Waals surface area contributed by atoms with Crippen molar-refractivity contribution in [1.29, 1.82) is 0 Å². The maximum atomic E-state index is 13.1. The van der Waals surface area contributed by atoms with Crippen molar-refractivity contribution in [2.45, 2.75) is 60.2 Å². The molecule has 0 N–H and O–H groups in total. The summed E-state index contributed by atoms with van der Waals surface area (Å²) in [7, 11) is 0.